The van der Waals surface area contributed by atoms with E-state index in [0.29, 0.717) is 12.6 Å². The van der Waals surface area contributed by atoms with Gasteiger partial charge < -0.3 is 15.4 Å². The molecule has 0 amide bonds. The number of benzene rings is 1. The molecule has 23 heavy (non-hydrogen) atoms. The minimum absolute atomic E-state index is 0.569. The van der Waals surface area contributed by atoms with Gasteiger partial charge >= 0.3 is 0 Å². The third kappa shape index (κ3) is 7.88. The van der Waals surface area contributed by atoms with Gasteiger partial charge in [-0.05, 0) is 39.4 Å². The Morgan fingerprint density at radius 1 is 1.17 bits per heavy atom. The standard InChI is InChI=1S/C18H32N4O/c1-6-22(15(2)3)13-11-20-18(19-5)21-12-14-23-17-9-7-16(4)8-10-17/h7-10,15H,6,11-14H2,1-5H3,(H2,19,20,21). The average Bonchev–Trinajstić information content (AvgIpc) is 2.54. The van der Waals surface area contributed by atoms with Gasteiger partial charge in [-0.15, -0.1) is 0 Å². The van der Waals surface area contributed by atoms with Crippen molar-refractivity contribution in [2.24, 2.45) is 4.99 Å². The number of ether oxygens (including phenoxy) is 1. The van der Waals surface area contributed by atoms with Crippen LogP contribution in [0.25, 0.3) is 0 Å². The lowest BCUT2D eigenvalue weighted by Gasteiger charge is -2.25. The molecule has 1 rings (SSSR count). The van der Waals surface area contributed by atoms with Gasteiger partial charge in [0.1, 0.15) is 12.4 Å². The molecule has 1 aromatic rings. The minimum atomic E-state index is 0.569. The third-order valence-electron chi connectivity index (χ3n) is 3.74. The lowest BCUT2D eigenvalue weighted by molar-refractivity contribution is 0.237. The van der Waals surface area contributed by atoms with Gasteiger partial charge in [-0.25, -0.2) is 0 Å². The molecule has 130 valence electrons. The van der Waals surface area contributed by atoms with Crippen LogP contribution in [0.3, 0.4) is 0 Å². The molecule has 0 saturated carbocycles. The molecule has 0 aliphatic rings. The van der Waals surface area contributed by atoms with E-state index in [1.54, 1.807) is 7.05 Å². The van der Waals surface area contributed by atoms with Crippen molar-refractivity contribution in [2.75, 3.05) is 39.8 Å². The molecule has 0 saturated heterocycles. The highest BCUT2D eigenvalue weighted by Gasteiger charge is 2.06. The third-order valence-corrected chi connectivity index (χ3v) is 3.74. The number of likely N-dealkylation sites (N-methyl/N-ethyl adjacent to an activating group) is 1. The summed E-state index contributed by atoms with van der Waals surface area (Å²) in [7, 11) is 1.79. The monoisotopic (exact) mass is 320 g/mol. The van der Waals surface area contributed by atoms with E-state index in [0.717, 1.165) is 37.9 Å². The molecule has 0 atom stereocenters. The van der Waals surface area contributed by atoms with E-state index >= 15 is 0 Å². The first-order valence-corrected chi connectivity index (χ1v) is 8.44. The normalized spacial score (nSPS) is 11.9. The number of hydrogen-bond donors (Lipinski definition) is 2. The maximum absolute atomic E-state index is 5.69. The van der Waals surface area contributed by atoms with Gasteiger partial charge in [0, 0.05) is 26.2 Å². The van der Waals surface area contributed by atoms with Crippen LogP contribution in [0, 0.1) is 6.92 Å². The molecule has 5 heteroatoms. The highest BCUT2D eigenvalue weighted by atomic mass is 16.5. The highest BCUT2D eigenvalue weighted by molar-refractivity contribution is 5.79. The number of rotatable bonds is 9. The summed E-state index contributed by atoms with van der Waals surface area (Å²) in [5.41, 5.74) is 1.24. The van der Waals surface area contributed by atoms with E-state index in [1.165, 1.54) is 5.56 Å². The lowest BCUT2D eigenvalue weighted by atomic mass is 10.2. The summed E-state index contributed by atoms with van der Waals surface area (Å²) < 4.78 is 5.69. The molecular formula is C18H32N4O. The Morgan fingerprint density at radius 2 is 1.83 bits per heavy atom. The zero-order chi connectivity index (χ0) is 17.1. The number of guanidine groups is 1. The summed E-state index contributed by atoms with van der Waals surface area (Å²) in [6.45, 7) is 13.0. The van der Waals surface area contributed by atoms with E-state index in [2.05, 4.69) is 60.4 Å². The second-order valence-electron chi connectivity index (χ2n) is 5.81. The van der Waals surface area contributed by atoms with Crippen LogP contribution in [-0.2, 0) is 0 Å². The van der Waals surface area contributed by atoms with E-state index in [4.69, 9.17) is 4.74 Å². The largest absolute Gasteiger partial charge is 0.492 e. The molecule has 0 spiro atoms. The van der Waals surface area contributed by atoms with Crippen LogP contribution >= 0.6 is 0 Å². The van der Waals surface area contributed by atoms with Crippen molar-refractivity contribution in [3.05, 3.63) is 29.8 Å². The second-order valence-corrected chi connectivity index (χ2v) is 5.81. The number of nitrogens with zero attached hydrogens (tertiary/aromatic N) is 2. The van der Waals surface area contributed by atoms with Crippen LogP contribution in [0.4, 0.5) is 0 Å². The maximum Gasteiger partial charge on any atom is 0.191 e. The predicted molar refractivity (Wildman–Crippen MR) is 98.4 cm³/mol. The molecule has 5 nitrogen and oxygen atoms in total. The molecular weight excluding hydrogens is 288 g/mol. The maximum atomic E-state index is 5.69. The van der Waals surface area contributed by atoms with Crippen LogP contribution in [0.5, 0.6) is 5.75 Å². The van der Waals surface area contributed by atoms with E-state index in [-0.39, 0.29) is 0 Å². The van der Waals surface area contributed by atoms with Gasteiger partial charge in [0.15, 0.2) is 5.96 Å². The van der Waals surface area contributed by atoms with Gasteiger partial charge in [0.05, 0.1) is 6.54 Å². The summed E-state index contributed by atoms with van der Waals surface area (Å²) in [5, 5.41) is 6.60. The molecule has 0 radical (unpaired) electrons. The van der Waals surface area contributed by atoms with E-state index < -0.39 is 0 Å². The molecule has 0 aliphatic carbocycles. The minimum Gasteiger partial charge on any atom is -0.492 e. The lowest BCUT2D eigenvalue weighted by Crippen LogP contribution is -2.44. The molecule has 1 aromatic carbocycles. The van der Waals surface area contributed by atoms with Crippen molar-refractivity contribution in [1.82, 2.24) is 15.5 Å². The molecule has 0 aliphatic heterocycles. The van der Waals surface area contributed by atoms with Gasteiger partial charge in [-0.2, -0.15) is 0 Å². The van der Waals surface area contributed by atoms with Crippen molar-refractivity contribution in [1.29, 1.82) is 0 Å². The van der Waals surface area contributed by atoms with E-state index in [1.807, 2.05) is 12.1 Å². The fraction of sp³-hybridized carbons (Fsp3) is 0.611. The van der Waals surface area contributed by atoms with Crippen LogP contribution < -0.4 is 15.4 Å². The molecule has 0 heterocycles. The molecule has 0 unspecified atom stereocenters. The Morgan fingerprint density at radius 3 is 2.39 bits per heavy atom. The molecule has 2 N–H and O–H groups in total. The summed E-state index contributed by atoms with van der Waals surface area (Å²) in [4.78, 5) is 6.65. The van der Waals surface area contributed by atoms with Crippen molar-refractivity contribution >= 4 is 5.96 Å². The SMILES string of the molecule is CCN(CCNC(=NC)NCCOc1ccc(C)cc1)C(C)C. The average molecular weight is 320 g/mol. The number of aliphatic imine (C=N–C) groups is 1. The molecule has 0 bridgehead atoms. The Balaban J connectivity index is 2.20. The summed E-state index contributed by atoms with van der Waals surface area (Å²) in [5.74, 6) is 1.72. The smallest absolute Gasteiger partial charge is 0.191 e. The first kappa shape index (κ1) is 19.3. The Hall–Kier alpha value is -1.75. The fourth-order valence-electron chi connectivity index (χ4n) is 2.29. The summed E-state index contributed by atoms with van der Waals surface area (Å²) in [6, 6.07) is 8.66. The van der Waals surface area contributed by atoms with Gasteiger partial charge in [-0.1, -0.05) is 24.6 Å². The Bertz CT molecular complexity index is 457. The predicted octanol–water partition coefficient (Wildman–Crippen LogP) is 2.27. The molecule has 0 aromatic heterocycles. The number of hydrogen-bond acceptors (Lipinski definition) is 3. The zero-order valence-corrected chi connectivity index (χ0v) is 15.2. The zero-order valence-electron chi connectivity index (χ0n) is 15.2. The quantitative estimate of drug-likeness (QED) is 0.416. The van der Waals surface area contributed by atoms with Crippen LogP contribution in [0.2, 0.25) is 0 Å². The number of aryl methyl sites for hydroxylation is 1. The topological polar surface area (TPSA) is 48.9 Å². The van der Waals surface area contributed by atoms with Crippen molar-refractivity contribution in [3.8, 4) is 5.75 Å². The van der Waals surface area contributed by atoms with Gasteiger partial charge in [0.25, 0.3) is 0 Å². The Kier molecular flexibility index (Phi) is 9.14. The molecule has 0 fully saturated rings. The van der Waals surface area contributed by atoms with Crippen molar-refractivity contribution in [3.63, 3.8) is 0 Å². The van der Waals surface area contributed by atoms with Gasteiger partial charge in [0.2, 0.25) is 0 Å². The van der Waals surface area contributed by atoms with Crippen molar-refractivity contribution < 1.29 is 4.74 Å². The van der Waals surface area contributed by atoms with Crippen molar-refractivity contribution in [2.45, 2.75) is 33.7 Å². The fourth-order valence-corrected chi connectivity index (χ4v) is 2.29. The highest BCUT2D eigenvalue weighted by Crippen LogP contribution is 2.10. The Labute approximate surface area is 141 Å². The first-order chi connectivity index (χ1) is 11.1. The van der Waals surface area contributed by atoms with Crippen LogP contribution in [0.1, 0.15) is 26.3 Å². The van der Waals surface area contributed by atoms with Gasteiger partial charge in [-0.3, -0.25) is 9.89 Å². The second kappa shape index (κ2) is 10.9. The van der Waals surface area contributed by atoms with Crippen LogP contribution in [-0.4, -0.2) is 56.7 Å². The number of nitrogens with one attached hydrogen (secondary N) is 2. The van der Waals surface area contributed by atoms with Crippen LogP contribution in [0.15, 0.2) is 29.3 Å². The van der Waals surface area contributed by atoms with E-state index in [9.17, 15) is 0 Å². The summed E-state index contributed by atoms with van der Waals surface area (Å²) >= 11 is 0. The first-order valence-electron chi connectivity index (χ1n) is 8.44. The summed E-state index contributed by atoms with van der Waals surface area (Å²) in [6.07, 6.45) is 0.